The topological polar surface area (TPSA) is 77.5 Å². The smallest absolute Gasteiger partial charge is 0.321 e. The number of anilines is 1. The molecule has 1 aromatic heterocycles. The van der Waals surface area contributed by atoms with E-state index in [2.05, 4.69) is 10.3 Å². The van der Waals surface area contributed by atoms with Crippen molar-refractivity contribution < 1.29 is 18.4 Å². The molecular weight excluding hydrogens is 359 g/mol. The van der Waals surface area contributed by atoms with Gasteiger partial charge in [-0.2, -0.15) is 0 Å². The van der Waals surface area contributed by atoms with Crippen molar-refractivity contribution in [3.8, 4) is 0 Å². The van der Waals surface area contributed by atoms with Gasteiger partial charge in [0.1, 0.15) is 4.88 Å². The average Bonchev–Trinajstić information content (AvgIpc) is 2.88. The molecule has 0 radical (unpaired) electrons. The van der Waals surface area contributed by atoms with Gasteiger partial charge in [0.2, 0.25) is 0 Å². The predicted octanol–water partition coefficient (Wildman–Crippen LogP) is 4.78. The molecular formula is C17H23N2O4PS. The quantitative estimate of drug-likeness (QED) is 0.665. The highest BCUT2D eigenvalue weighted by Crippen LogP contribution is 2.51. The Labute approximate surface area is 152 Å². The van der Waals surface area contributed by atoms with Gasteiger partial charge in [0.15, 0.2) is 0 Å². The third-order valence-corrected chi connectivity index (χ3v) is 6.48. The Morgan fingerprint density at radius 1 is 1.16 bits per heavy atom. The molecule has 0 unspecified atom stereocenters. The molecule has 0 aliphatic heterocycles. The molecule has 1 N–H and O–H groups in total. The van der Waals surface area contributed by atoms with Crippen LogP contribution in [0.4, 0.5) is 5.69 Å². The van der Waals surface area contributed by atoms with Gasteiger partial charge in [-0.25, -0.2) is 4.98 Å². The van der Waals surface area contributed by atoms with Crippen LogP contribution in [0.2, 0.25) is 0 Å². The second-order valence-electron chi connectivity index (χ2n) is 5.40. The molecule has 1 amide bonds. The van der Waals surface area contributed by atoms with Gasteiger partial charge in [-0.15, -0.1) is 11.3 Å². The fourth-order valence-electron chi connectivity index (χ4n) is 2.37. The van der Waals surface area contributed by atoms with Gasteiger partial charge in [0.25, 0.3) is 5.91 Å². The molecule has 0 atom stereocenters. The van der Waals surface area contributed by atoms with E-state index in [9.17, 15) is 9.36 Å². The maximum absolute atomic E-state index is 12.6. The first-order valence-corrected chi connectivity index (χ1v) is 10.6. The summed E-state index contributed by atoms with van der Waals surface area (Å²) in [7, 11) is -3.13. The summed E-state index contributed by atoms with van der Waals surface area (Å²) >= 11 is 1.37. The van der Waals surface area contributed by atoms with Crippen LogP contribution in [0.15, 0.2) is 24.3 Å². The number of aromatic nitrogens is 1. The Balaban J connectivity index is 2.05. The Kier molecular flexibility index (Phi) is 6.90. The highest BCUT2D eigenvalue weighted by atomic mass is 32.1. The number of benzene rings is 1. The average molecular weight is 382 g/mol. The minimum absolute atomic E-state index is 0.176. The number of thiazole rings is 1. The van der Waals surface area contributed by atoms with E-state index in [0.29, 0.717) is 23.8 Å². The number of nitrogens with one attached hydrogen (secondary N) is 1. The van der Waals surface area contributed by atoms with Crippen LogP contribution in [0.1, 0.15) is 39.8 Å². The molecule has 0 spiro atoms. The Bertz CT molecular complexity index is 763. The fourth-order valence-corrected chi connectivity index (χ4v) is 4.89. The van der Waals surface area contributed by atoms with Crippen molar-refractivity contribution in [3.63, 3.8) is 0 Å². The van der Waals surface area contributed by atoms with E-state index < -0.39 is 7.60 Å². The third kappa shape index (κ3) is 5.47. The van der Waals surface area contributed by atoms with Crippen molar-refractivity contribution in [3.05, 3.63) is 45.4 Å². The summed E-state index contributed by atoms with van der Waals surface area (Å²) in [6.07, 6.45) is 0.204. The first kappa shape index (κ1) is 19.8. The first-order chi connectivity index (χ1) is 11.9. The van der Waals surface area contributed by atoms with Gasteiger partial charge in [-0.1, -0.05) is 12.1 Å². The molecule has 2 aromatic rings. The zero-order valence-electron chi connectivity index (χ0n) is 14.9. The van der Waals surface area contributed by atoms with E-state index in [1.807, 2.05) is 26.0 Å². The number of amides is 1. The van der Waals surface area contributed by atoms with E-state index >= 15 is 0 Å². The standard InChI is InChI=1S/C17H23N2O4PS/c1-5-22-24(21,23-6-2)11-14-7-9-15(10-8-14)19-17(20)16-12(3)18-13(4)25-16/h7-10H,5-6,11H2,1-4H3,(H,19,20). The lowest BCUT2D eigenvalue weighted by Gasteiger charge is -2.17. The third-order valence-electron chi connectivity index (χ3n) is 3.35. The van der Waals surface area contributed by atoms with E-state index in [1.165, 1.54) is 11.3 Å². The molecule has 0 saturated carbocycles. The molecule has 0 aliphatic carbocycles. The number of hydrogen-bond donors (Lipinski definition) is 1. The van der Waals surface area contributed by atoms with Gasteiger partial charge in [-0.3, -0.25) is 9.36 Å². The van der Waals surface area contributed by atoms with Crippen molar-refractivity contribution in [2.45, 2.75) is 33.9 Å². The molecule has 136 valence electrons. The van der Waals surface area contributed by atoms with Gasteiger partial charge in [0.05, 0.1) is 30.1 Å². The van der Waals surface area contributed by atoms with E-state index in [0.717, 1.165) is 16.3 Å². The molecule has 1 heterocycles. The van der Waals surface area contributed by atoms with Crippen molar-refractivity contribution >= 4 is 30.5 Å². The highest BCUT2D eigenvalue weighted by Gasteiger charge is 2.24. The van der Waals surface area contributed by atoms with Gasteiger partial charge < -0.3 is 14.4 Å². The molecule has 1 aromatic carbocycles. The lowest BCUT2D eigenvalue weighted by molar-refractivity contribution is 0.102. The Morgan fingerprint density at radius 2 is 1.76 bits per heavy atom. The summed E-state index contributed by atoms with van der Waals surface area (Å²) in [5.74, 6) is -0.176. The highest BCUT2D eigenvalue weighted by molar-refractivity contribution is 7.53. The fraction of sp³-hybridized carbons (Fsp3) is 0.412. The predicted molar refractivity (Wildman–Crippen MR) is 101 cm³/mol. The monoisotopic (exact) mass is 382 g/mol. The van der Waals surface area contributed by atoms with Crippen LogP contribution in [0.3, 0.4) is 0 Å². The van der Waals surface area contributed by atoms with Crippen LogP contribution in [-0.2, 0) is 19.8 Å². The lowest BCUT2D eigenvalue weighted by atomic mass is 10.2. The number of carbonyl (C=O) groups excluding carboxylic acids is 1. The minimum Gasteiger partial charge on any atom is -0.321 e. The first-order valence-electron chi connectivity index (χ1n) is 8.09. The van der Waals surface area contributed by atoms with Crippen molar-refractivity contribution in [1.29, 1.82) is 0 Å². The minimum atomic E-state index is -3.13. The number of carbonyl (C=O) groups is 1. The summed E-state index contributed by atoms with van der Waals surface area (Å²) in [6, 6.07) is 7.17. The summed E-state index contributed by atoms with van der Waals surface area (Å²) in [5, 5.41) is 3.71. The largest absolute Gasteiger partial charge is 0.335 e. The number of rotatable bonds is 8. The van der Waals surface area contributed by atoms with E-state index in [1.54, 1.807) is 26.0 Å². The summed E-state index contributed by atoms with van der Waals surface area (Å²) in [5.41, 5.74) is 2.22. The Hall–Kier alpha value is -1.53. The van der Waals surface area contributed by atoms with Gasteiger partial charge in [0, 0.05) is 5.69 Å². The van der Waals surface area contributed by atoms with Crippen LogP contribution in [0, 0.1) is 13.8 Å². The zero-order chi connectivity index (χ0) is 18.4. The molecule has 0 saturated heterocycles. The number of nitrogens with zero attached hydrogens (tertiary/aromatic N) is 1. The number of aryl methyl sites for hydroxylation is 2. The van der Waals surface area contributed by atoms with Crippen LogP contribution < -0.4 is 5.32 Å². The second-order valence-corrected chi connectivity index (χ2v) is 8.66. The van der Waals surface area contributed by atoms with Crippen LogP contribution in [0.25, 0.3) is 0 Å². The SMILES string of the molecule is CCOP(=O)(Cc1ccc(NC(=O)c2sc(C)nc2C)cc1)OCC. The molecule has 0 bridgehead atoms. The molecule has 0 aliphatic rings. The Morgan fingerprint density at radius 3 is 2.24 bits per heavy atom. The van der Waals surface area contributed by atoms with Crippen molar-refractivity contribution in [2.75, 3.05) is 18.5 Å². The lowest BCUT2D eigenvalue weighted by Crippen LogP contribution is -2.11. The van der Waals surface area contributed by atoms with Crippen molar-refractivity contribution in [1.82, 2.24) is 4.98 Å². The van der Waals surface area contributed by atoms with Crippen LogP contribution in [0.5, 0.6) is 0 Å². The molecule has 2 rings (SSSR count). The molecule has 25 heavy (non-hydrogen) atoms. The zero-order valence-corrected chi connectivity index (χ0v) is 16.6. The van der Waals surface area contributed by atoms with Crippen molar-refractivity contribution in [2.24, 2.45) is 0 Å². The van der Waals surface area contributed by atoms with Crippen LogP contribution >= 0.6 is 18.9 Å². The second kappa shape index (κ2) is 8.72. The normalized spacial score (nSPS) is 11.5. The molecule has 0 fully saturated rings. The van der Waals surface area contributed by atoms with Crippen LogP contribution in [-0.4, -0.2) is 24.1 Å². The summed E-state index contributed by atoms with van der Waals surface area (Å²) < 4.78 is 23.2. The summed E-state index contributed by atoms with van der Waals surface area (Å²) in [6.45, 7) is 7.93. The van der Waals surface area contributed by atoms with Gasteiger partial charge >= 0.3 is 7.60 Å². The molecule has 6 nitrogen and oxygen atoms in total. The maximum Gasteiger partial charge on any atom is 0.335 e. The van der Waals surface area contributed by atoms with Gasteiger partial charge in [-0.05, 0) is 45.4 Å². The van der Waals surface area contributed by atoms with E-state index in [-0.39, 0.29) is 12.1 Å². The van der Waals surface area contributed by atoms with E-state index in [4.69, 9.17) is 9.05 Å². The molecule has 8 heteroatoms. The maximum atomic E-state index is 12.6. The summed E-state index contributed by atoms with van der Waals surface area (Å²) in [4.78, 5) is 17.2. The number of hydrogen-bond acceptors (Lipinski definition) is 6.